The van der Waals surface area contributed by atoms with Crippen LogP contribution in [0.3, 0.4) is 0 Å². The first kappa shape index (κ1) is 17.0. The summed E-state index contributed by atoms with van der Waals surface area (Å²) in [5, 5.41) is 3.12. The van der Waals surface area contributed by atoms with Gasteiger partial charge in [-0.15, -0.1) is 11.3 Å². The van der Waals surface area contributed by atoms with Crippen LogP contribution in [0.1, 0.15) is 39.5 Å². The van der Waals surface area contributed by atoms with Gasteiger partial charge in [0.25, 0.3) is 5.91 Å². The van der Waals surface area contributed by atoms with Gasteiger partial charge in [0.2, 0.25) is 0 Å². The molecule has 26 heavy (non-hydrogen) atoms. The van der Waals surface area contributed by atoms with Crippen molar-refractivity contribution in [2.75, 3.05) is 13.1 Å². The van der Waals surface area contributed by atoms with E-state index in [0.717, 1.165) is 60.1 Å². The zero-order valence-electron chi connectivity index (χ0n) is 15.2. The molecule has 1 saturated heterocycles. The van der Waals surface area contributed by atoms with Crippen LogP contribution in [0.4, 0.5) is 0 Å². The van der Waals surface area contributed by atoms with Crippen LogP contribution >= 0.6 is 11.3 Å². The number of hydrogen-bond acceptors (Lipinski definition) is 3. The Bertz CT molecular complexity index is 920. The Morgan fingerprint density at radius 3 is 2.54 bits per heavy atom. The zero-order valence-corrected chi connectivity index (χ0v) is 16.1. The van der Waals surface area contributed by atoms with Gasteiger partial charge in [0.1, 0.15) is 0 Å². The molecule has 3 heterocycles. The molecule has 0 spiro atoms. The quantitative estimate of drug-likeness (QED) is 0.682. The summed E-state index contributed by atoms with van der Waals surface area (Å²) in [4.78, 5) is 19.7. The second-order valence-electron chi connectivity index (χ2n) is 6.85. The number of nitrogens with zero attached hydrogens (tertiary/aromatic N) is 3. The summed E-state index contributed by atoms with van der Waals surface area (Å²) < 4.78 is 2.23. The maximum absolute atomic E-state index is 13.0. The van der Waals surface area contributed by atoms with E-state index in [1.807, 2.05) is 24.0 Å². The molecule has 4 nitrogen and oxygen atoms in total. The monoisotopic (exact) mass is 365 g/mol. The lowest BCUT2D eigenvalue weighted by molar-refractivity contribution is 0.0792. The van der Waals surface area contributed by atoms with Crippen LogP contribution in [0, 0.1) is 13.8 Å². The predicted molar refractivity (Wildman–Crippen MR) is 106 cm³/mol. The van der Waals surface area contributed by atoms with Crippen LogP contribution < -0.4 is 0 Å². The van der Waals surface area contributed by atoms with Crippen LogP contribution in [0.2, 0.25) is 0 Å². The van der Waals surface area contributed by atoms with E-state index >= 15 is 0 Å². The van der Waals surface area contributed by atoms with Crippen LogP contribution in [-0.2, 0) is 6.54 Å². The van der Waals surface area contributed by atoms with Crippen molar-refractivity contribution in [3.8, 4) is 11.4 Å². The van der Waals surface area contributed by atoms with Gasteiger partial charge in [0.05, 0.1) is 22.0 Å². The molecule has 0 unspecified atom stereocenters. The molecule has 0 saturated carbocycles. The third-order valence-electron chi connectivity index (χ3n) is 5.06. The fraction of sp³-hybridized carbons (Fsp3) is 0.333. The second kappa shape index (κ2) is 7.08. The molecule has 0 bridgehead atoms. The Kier molecular flexibility index (Phi) is 4.64. The average Bonchev–Trinajstić information content (AvgIpc) is 3.38. The lowest BCUT2D eigenvalue weighted by Crippen LogP contribution is -2.28. The molecule has 4 rings (SSSR count). The lowest BCUT2D eigenvalue weighted by Gasteiger charge is -2.15. The van der Waals surface area contributed by atoms with Gasteiger partial charge in [0.15, 0.2) is 0 Å². The fourth-order valence-corrected chi connectivity index (χ4v) is 4.22. The fourth-order valence-electron chi connectivity index (χ4n) is 3.62. The van der Waals surface area contributed by atoms with Crippen molar-refractivity contribution in [3.05, 3.63) is 63.6 Å². The third-order valence-corrected chi connectivity index (χ3v) is 5.83. The number of aromatic nitrogens is 2. The van der Waals surface area contributed by atoms with Crippen LogP contribution in [0.5, 0.6) is 0 Å². The Hall–Kier alpha value is -2.40. The number of amides is 1. The molecule has 1 aliphatic heterocycles. The predicted octanol–water partition coefficient (Wildman–Crippen LogP) is 4.51. The first-order valence-corrected chi connectivity index (χ1v) is 9.97. The Balaban J connectivity index is 1.78. The number of carbonyl (C=O) groups excluding carboxylic acids is 1. The molecule has 1 aliphatic rings. The van der Waals surface area contributed by atoms with Crippen LogP contribution in [0.25, 0.3) is 11.4 Å². The van der Waals surface area contributed by atoms with E-state index < -0.39 is 0 Å². The summed E-state index contributed by atoms with van der Waals surface area (Å²) >= 11 is 1.64. The third kappa shape index (κ3) is 3.19. The maximum atomic E-state index is 13.0. The van der Waals surface area contributed by atoms with Crippen molar-refractivity contribution >= 4 is 17.2 Å². The summed E-state index contributed by atoms with van der Waals surface area (Å²) in [7, 11) is 0. The molecule has 3 aromatic rings. The van der Waals surface area contributed by atoms with Gasteiger partial charge < -0.3 is 9.47 Å². The molecule has 0 radical (unpaired) electrons. The number of aryl methyl sites for hydroxylation is 1. The molecule has 0 N–H and O–H groups in total. The van der Waals surface area contributed by atoms with E-state index in [4.69, 9.17) is 0 Å². The standard InChI is InChI=1S/C21H23N3OS/c1-15-18(21(25)23-10-6-7-11-23)12-20(19-14-26-16(2)22-19)24(15)13-17-8-4-3-5-9-17/h3-5,8-9,12,14H,6-7,10-11,13H2,1-2H3. The minimum atomic E-state index is 0.153. The van der Waals surface area contributed by atoms with E-state index in [2.05, 4.69) is 46.1 Å². The number of carbonyl (C=O) groups is 1. The number of benzene rings is 1. The van der Waals surface area contributed by atoms with E-state index in [1.54, 1.807) is 11.3 Å². The van der Waals surface area contributed by atoms with Gasteiger partial charge in [-0.2, -0.15) is 0 Å². The SMILES string of the molecule is Cc1nc(-c2cc(C(=O)N3CCCC3)c(C)n2Cc2ccccc2)cs1. The molecule has 1 aromatic carbocycles. The Morgan fingerprint density at radius 1 is 1.15 bits per heavy atom. The summed E-state index contributed by atoms with van der Waals surface area (Å²) in [6.45, 7) is 6.54. The molecule has 134 valence electrons. The van der Waals surface area contributed by atoms with E-state index in [0.29, 0.717) is 0 Å². The number of thiazole rings is 1. The average molecular weight is 366 g/mol. The molecule has 1 amide bonds. The van der Waals surface area contributed by atoms with Gasteiger partial charge >= 0.3 is 0 Å². The van der Waals surface area contributed by atoms with Crippen LogP contribution in [-0.4, -0.2) is 33.4 Å². The first-order valence-electron chi connectivity index (χ1n) is 9.09. The molecule has 0 aliphatic carbocycles. The largest absolute Gasteiger partial charge is 0.339 e. The van der Waals surface area contributed by atoms with Gasteiger partial charge in [-0.1, -0.05) is 30.3 Å². The molecular weight excluding hydrogens is 342 g/mol. The zero-order chi connectivity index (χ0) is 18.1. The maximum Gasteiger partial charge on any atom is 0.255 e. The lowest BCUT2D eigenvalue weighted by atomic mass is 10.2. The highest BCUT2D eigenvalue weighted by Crippen LogP contribution is 2.29. The number of hydrogen-bond donors (Lipinski definition) is 0. The Labute approximate surface area is 158 Å². The Morgan fingerprint density at radius 2 is 1.88 bits per heavy atom. The van der Waals surface area contributed by atoms with Crippen molar-refractivity contribution in [3.63, 3.8) is 0 Å². The van der Waals surface area contributed by atoms with Crippen molar-refractivity contribution in [1.82, 2.24) is 14.5 Å². The smallest absolute Gasteiger partial charge is 0.255 e. The van der Waals surface area contributed by atoms with Crippen molar-refractivity contribution in [2.24, 2.45) is 0 Å². The molecular formula is C21H23N3OS. The van der Waals surface area contributed by atoms with Crippen molar-refractivity contribution < 1.29 is 4.79 Å². The number of rotatable bonds is 4. The highest BCUT2D eigenvalue weighted by molar-refractivity contribution is 7.09. The van der Waals surface area contributed by atoms with Gasteiger partial charge in [-0.3, -0.25) is 4.79 Å². The molecule has 1 fully saturated rings. The summed E-state index contributed by atoms with van der Waals surface area (Å²) in [6.07, 6.45) is 2.21. The molecule has 2 aromatic heterocycles. The normalized spacial score (nSPS) is 14.2. The number of likely N-dealkylation sites (tertiary alicyclic amines) is 1. The van der Waals surface area contributed by atoms with E-state index in [9.17, 15) is 4.79 Å². The van der Waals surface area contributed by atoms with E-state index in [1.165, 1.54) is 5.56 Å². The summed E-state index contributed by atoms with van der Waals surface area (Å²) in [5.41, 5.74) is 5.03. The van der Waals surface area contributed by atoms with Crippen molar-refractivity contribution in [1.29, 1.82) is 0 Å². The van der Waals surface area contributed by atoms with Crippen LogP contribution in [0.15, 0.2) is 41.8 Å². The minimum absolute atomic E-state index is 0.153. The molecule has 0 atom stereocenters. The topological polar surface area (TPSA) is 38.1 Å². The van der Waals surface area contributed by atoms with Gasteiger partial charge in [0, 0.05) is 30.7 Å². The highest BCUT2D eigenvalue weighted by Gasteiger charge is 2.25. The van der Waals surface area contributed by atoms with E-state index in [-0.39, 0.29) is 5.91 Å². The molecule has 5 heteroatoms. The summed E-state index contributed by atoms with van der Waals surface area (Å²) in [5.74, 6) is 0.153. The first-order chi connectivity index (χ1) is 12.6. The highest BCUT2D eigenvalue weighted by atomic mass is 32.1. The van der Waals surface area contributed by atoms with Gasteiger partial charge in [-0.05, 0) is 38.3 Å². The minimum Gasteiger partial charge on any atom is -0.339 e. The second-order valence-corrected chi connectivity index (χ2v) is 7.91. The van der Waals surface area contributed by atoms with Crippen molar-refractivity contribution in [2.45, 2.75) is 33.2 Å². The van der Waals surface area contributed by atoms with Gasteiger partial charge in [-0.25, -0.2) is 4.98 Å². The summed E-state index contributed by atoms with van der Waals surface area (Å²) in [6, 6.07) is 12.4.